The van der Waals surface area contributed by atoms with E-state index >= 15 is 0 Å². The smallest absolute Gasteiger partial charge is 0.121 e. The van der Waals surface area contributed by atoms with Gasteiger partial charge in [-0.15, -0.1) is 18.2 Å². The second-order valence-electron chi connectivity index (χ2n) is 13.1. The van der Waals surface area contributed by atoms with E-state index in [4.69, 9.17) is 12.6 Å². The van der Waals surface area contributed by atoms with E-state index in [2.05, 4.69) is 51.5 Å². The molecule has 4 aromatic carbocycles. The molecule has 5 heteroatoms. The predicted molar refractivity (Wildman–Crippen MR) is 198 cm³/mol. The molecule has 241 valence electrons. The second-order valence-corrected chi connectivity index (χ2v) is 23.6. The summed E-state index contributed by atoms with van der Waals surface area (Å²) in [6.07, 6.45) is 1.65. The molecule has 0 aliphatic rings. The Hall–Kier alpha value is -3.57. The van der Waals surface area contributed by atoms with Crippen molar-refractivity contribution in [1.29, 1.82) is 0 Å². The van der Waals surface area contributed by atoms with Crippen molar-refractivity contribution in [2.75, 3.05) is 0 Å². The molecule has 7 aromatic rings. The second kappa shape index (κ2) is 14.3. The number of hydrogen-bond acceptors (Lipinski definition) is 3. The van der Waals surface area contributed by atoms with Gasteiger partial charge in [0.05, 0.1) is 6.95 Å². The number of nitrogens with zero attached hydrogens (tertiary/aromatic N) is 2. The fraction of sp³-hybridized carbons (Fsp3) is 0.238. The van der Waals surface area contributed by atoms with Crippen molar-refractivity contribution in [1.82, 2.24) is 9.97 Å². The van der Waals surface area contributed by atoms with Crippen LogP contribution in [0, 0.1) is 19.0 Å². The van der Waals surface area contributed by atoms with Crippen molar-refractivity contribution >= 4 is 50.4 Å². The normalized spacial score (nSPS) is 14.2. The standard InChI is InChI=1S/C25H20NO.C17H22GeN.Ir/c1-15(2)21-13-23(26-14-16(21)3)20-10-6-9-19-22-11-17-7-4-5-8-18(17)12-24(22)27-25(19)20;1-13(2)15-11-17(14-9-7-6-8-10-14)19-12-16(15)18(3,4)5;/h4-9,11-15H,1-3H3;6-9,11-13H,1-5H3;/q2*-1;/i3D3,14D,15D;13D;. The summed E-state index contributed by atoms with van der Waals surface area (Å²) in [4.78, 5) is 8.91. The SMILES string of the molecule is [2H]C(C)(C)c1cc(-c2[c-]cccc2)nc[c]1[Ge]([CH3])([CH3])[CH3].[2H]c1nc(-c2[c-]ccc3c2oc2cc4ccccc4cc23)cc(C([2H])(C)C)c1C([2H])([2H])[2H].[Ir]. The van der Waals surface area contributed by atoms with Crippen LogP contribution in [-0.4, -0.2) is 23.2 Å². The average molecular weight is 862 g/mol. The van der Waals surface area contributed by atoms with Gasteiger partial charge in [0.2, 0.25) is 0 Å². The quantitative estimate of drug-likeness (QED) is 0.128. The third kappa shape index (κ3) is 7.31. The molecule has 3 aromatic heterocycles. The van der Waals surface area contributed by atoms with Gasteiger partial charge in [-0.3, -0.25) is 0 Å². The van der Waals surface area contributed by atoms with Crippen LogP contribution in [0.1, 0.15) is 64.4 Å². The molecule has 0 unspecified atom stereocenters. The first kappa shape index (κ1) is 27.4. The topological polar surface area (TPSA) is 38.9 Å². The maximum Gasteiger partial charge on any atom is 0.121 e. The summed E-state index contributed by atoms with van der Waals surface area (Å²) in [7, 11) is 0. The number of hydrogen-bond donors (Lipinski definition) is 0. The van der Waals surface area contributed by atoms with Crippen molar-refractivity contribution in [2.45, 2.75) is 63.6 Å². The van der Waals surface area contributed by atoms with Crippen molar-refractivity contribution in [3.05, 3.63) is 126 Å². The van der Waals surface area contributed by atoms with E-state index in [-0.39, 0.29) is 37.4 Å². The zero-order valence-electron chi connectivity index (χ0n) is 33.8. The minimum Gasteiger partial charge on any atom is -0.501 e. The van der Waals surface area contributed by atoms with Crippen molar-refractivity contribution in [2.24, 2.45) is 0 Å². The van der Waals surface area contributed by atoms with E-state index < -0.39 is 31.9 Å². The molecule has 0 saturated carbocycles. The number of pyridine rings is 2. The maximum atomic E-state index is 8.49. The zero-order chi connectivity index (χ0) is 37.8. The first-order valence-corrected chi connectivity index (χ1v) is 22.8. The minimum atomic E-state index is -2.54. The van der Waals surface area contributed by atoms with E-state index in [0.717, 1.165) is 43.9 Å². The van der Waals surface area contributed by atoms with Gasteiger partial charge in [-0.2, -0.15) is 0 Å². The van der Waals surface area contributed by atoms with Gasteiger partial charge < -0.3 is 9.40 Å². The molecule has 3 nitrogen and oxygen atoms in total. The van der Waals surface area contributed by atoms with Crippen molar-refractivity contribution < 1.29 is 32.7 Å². The Morgan fingerprint density at radius 3 is 2.15 bits per heavy atom. The van der Waals surface area contributed by atoms with Gasteiger partial charge in [0.15, 0.2) is 0 Å². The molecule has 0 bridgehead atoms. The summed E-state index contributed by atoms with van der Waals surface area (Å²) < 4.78 is 56.4. The van der Waals surface area contributed by atoms with Gasteiger partial charge in [0, 0.05) is 37.1 Å². The summed E-state index contributed by atoms with van der Waals surface area (Å²) in [6, 6.07) is 33.7. The van der Waals surface area contributed by atoms with Crippen LogP contribution in [-0.2, 0) is 20.1 Å². The number of rotatable bonds is 5. The summed E-state index contributed by atoms with van der Waals surface area (Å²) in [5.41, 5.74) is 5.29. The van der Waals surface area contributed by atoms with E-state index in [0.29, 0.717) is 16.8 Å². The van der Waals surface area contributed by atoms with E-state index in [9.17, 15) is 0 Å². The molecule has 7 rings (SSSR count). The van der Waals surface area contributed by atoms with Crippen LogP contribution in [0.5, 0.6) is 0 Å². The van der Waals surface area contributed by atoms with Crippen LogP contribution >= 0.6 is 0 Å². The van der Waals surface area contributed by atoms with Crippen LogP contribution in [0.3, 0.4) is 0 Å². The molecule has 0 N–H and O–H groups in total. The third-order valence-corrected chi connectivity index (χ3v) is 12.4. The molecule has 0 atom stereocenters. The predicted octanol–water partition coefficient (Wildman–Crippen LogP) is 11.2. The Bertz CT molecular complexity index is 2420. The summed E-state index contributed by atoms with van der Waals surface area (Å²) in [6.45, 7) is 4.59. The van der Waals surface area contributed by atoms with E-state index in [1.165, 1.54) is 4.40 Å². The van der Waals surface area contributed by atoms with Gasteiger partial charge in [-0.25, -0.2) is 0 Å². The molecule has 0 amide bonds. The van der Waals surface area contributed by atoms with Crippen LogP contribution < -0.4 is 4.40 Å². The average Bonchev–Trinajstić information content (AvgIpc) is 3.43. The summed E-state index contributed by atoms with van der Waals surface area (Å²) in [5.74, 6) is 5.22. The first-order valence-electron chi connectivity index (χ1n) is 18.5. The van der Waals surface area contributed by atoms with Crippen molar-refractivity contribution in [3.8, 4) is 22.5 Å². The Balaban J connectivity index is 0.000000223. The van der Waals surface area contributed by atoms with Crippen LogP contribution in [0.2, 0.25) is 17.3 Å². The molecule has 0 aliphatic carbocycles. The zero-order valence-corrected chi connectivity index (χ0v) is 32.3. The van der Waals surface area contributed by atoms with E-state index in [1.807, 2.05) is 80.7 Å². The Morgan fingerprint density at radius 1 is 0.787 bits per heavy atom. The van der Waals surface area contributed by atoms with Gasteiger partial charge in [-0.05, 0) is 52.5 Å². The molecular formula is C42H42GeIrN2O-2. The van der Waals surface area contributed by atoms with E-state index in [1.54, 1.807) is 26.0 Å². The molecule has 0 fully saturated rings. The third-order valence-electron chi connectivity index (χ3n) is 8.17. The Labute approximate surface area is 304 Å². The van der Waals surface area contributed by atoms with Gasteiger partial charge >= 0.3 is 120 Å². The monoisotopic (exact) mass is 863 g/mol. The number of fused-ring (bicyclic) bond motifs is 4. The Morgan fingerprint density at radius 2 is 1.49 bits per heavy atom. The van der Waals surface area contributed by atoms with Crippen LogP contribution in [0.15, 0.2) is 102 Å². The van der Waals surface area contributed by atoms with Crippen LogP contribution in [0.4, 0.5) is 0 Å². The number of aromatic nitrogens is 2. The summed E-state index contributed by atoms with van der Waals surface area (Å²) >= 11 is -2.03. The maximum absolute atomic E-state index is 8.49. The molecular weight excluding hydrogens is 813 g/mol. The molecule has 0 spiro atoms. The summed E-state index contributed by atoms with van der Waals surface area (Å²) in [5, 5.41) is 4.01. The molecule has 0 aliphatic heterocycles. The molecule has 3 heterocycles. The van der Waals surface area contributed by atoms with Gasteiger partial charge in [-0.1, -0.05) is 55.1 Å². The largest absolute Gasteiger partial charge is 0.501 e. The van der Waals surface area contributed by atoms with Crippen LogP contribution in [0.25, 0.3) is 55.2 Å². The number of furan rings is 1. The fourth-order valence-corrected chi connectivity index (χ4v) is 9.04. The fourth-order valence-electron chi connectivity index (χ4n) is 5.72. The number of benzene rings is 4. The molecule has 1 radical (unpaired) electrons. The van der Waals surface area contributed by atoms with Crippen molar-refractivity contribution in [3.63, 3.8) is 0 Å². The first-order chi connectivity index (χ1) is 24.2. The Kier molecular flexibility index (Phi) is 8.32. The molecule has 47 heavy (non-hydrogen) atoms. The van der Waals surface area contributed by atoms with Gasteiger partial charge in [0.1, 0.15) is 5.58 Å². The minimum absolute atomic E-state index is 0. The molecule has 0 saturated heterocycles. The van der Waals surface area contributed by atoms with Gasteiger partial charge in [0.25, 0.3) is 0 Å².